The van der Waals surface area contributed by atoms with E-state index in [-0.39, 0.29) is 51.5 Å². The van der Waals surface area contributed by atoms with Gasteiger partial charge in [0, 0.05) is 18.4 Å². The van der Waals surface area contributed by atoms with Crippen LogP contribution < -0.4 is 5.09 Å². The van der Waals surface area contributed by atoms with Gasteiger partial charge in [0.2, 0.25) is 0 Å². The second-order valence-electron chi connectivity index (χ2n) is 6.20. The molecule has 11 heteroatoms. The molecule has 0 bridgehead atoms. The smallest absolute Gasteiger partial charge is 0.435 e. The second kappa shape index (κ2) is 15.6. The molecule has 1 N–H and O–H groups in total. The molecule has 0 fully saturated rings. The fraction of sp³-hybridized carbons (Fsp3) is 0.882. The Bertz CT molecular complexity index is 453. The van der Waals surface area contributed by atoms with E-state index in [9.17, 15) is 14.2 Å². The lowest BCUT2D eigenvalue weighted by Gasteiger charge is -2.22. The van der Waals surface area contributed by atoms with E-state index < -0.39 is 20.1 Å². The van der Waals surface area contributed by atoms with Crippen LogP contribution in [0.5, 0.6) is 0 Å². The third-order valence-electron chi connectivity index (χ3n) is 3.11. The molecule has 0 spiro atoms. The van der Waals surface area contributed by atoms with Crippen LogP contribution >= 0.6 is 7.75 Å². The Kier molecular flexibility index (Phi) is 14.8. The fourth-order valence-corrected chi connectivity index (χ4v) is 3.32. The number of hydrogen-bond donors (Lipinski definition) is 1. The summed E-state index contributed by atoms with van der Waals surface area (Å²) in [6, 6.07) is 0. The molecule has 0 aliphatic rings. The van der Waals surface area contributed by atoms with Crippen molar-refractivity contribution in [1.29, 1.82) is 0 Å². The highest BCUT2D eigenvalue weighted by Crippen LogP contribution is 2.44. The van der Waals surface area contributed by atoms with Crippen molar-refractivity contribution < 1.29 is 42.1 Å². The monoisotopic (exact) mass is 427 g/mol. The maximum absolute atomic E-state index is 12.8. The first-order valence-electron chi connectivity index (χ1n) is 9.49. The highest BCUT2D eigenvalue weighted by Gasteiger charge is 2.26. The molecule has 0 saturated carbocycles. The van der Waals surface area contributed by atoms with Crippen molar-refractivity contribution in [2.24, 2.45) is 11.8 Å². The van der Waals surface area contributed by atoms with Crippen molar-refractivity contribution >= 4 is 20.1 Å². The molecule has 28 heavy (non-hydrogen) atoms. The molecule has 2 unspecified atom stereocenters. The van der Waals surface area contributed by atoms with Crippen LogP contribution in [-0.2, 0) is 32.6 Å². The molecule has 0 aromatic carbocycles. The molecule has 0 aromatic rings. The molecular formula is C17H34NO9P. The van der Waals surface area contributed by atoms with Crippen molar-refractivity contribution in [3.8, 4) is 0 Å². The molecule has 0 rings (SSSR count). The number of carbonyl (C=O) groups excluding carboxylic acids is 2. The third kappa shape index (κ3) is 13.8. The van der Waals surface area contributed by atoms with Gasteiger partial charge < -0.3 is 18.9 Å². The zero-order valence-electron chi connectivity index (χ0n) is 17.4. The Morgan fingerprint density at radius 1 is 0.786 bits per heavy atom. The Morgan fingerprint density at radius 3 is 1.57 bits per heavy atom. The summed E-state index contributed by atoms with van der Waals surface area (Å²) >= 11 is 0. The molecule has 166 valence electrons. The summed E-state index contributed by atoms with van der Waals surface area (Å²) < 4.78 is 42.9. The van der Waals surface area contributed by atoms with Crippen LogP contribution in [0.25, 0.3) is 0 Å². The van der Waals surface area contributed by atoms with Crippen LogP contribution in [-0.4, -0.2) is 58.5 Å². The van der Waals surface area contributed by atoms with E-state index in [4.69, 9.17) is 18.5 Å². The van der Waals surface area contributed by atoms with Gasteiger partial charge in [0.15, 0.2) is 0 Å². The molecule has 0 radical (unpaired) electrons. The van der Waals surface area contributed by atoms with Crippen LogP contribution in [0.2, 0.25) is 0 Å². The minimum atomic E-state index is -3.56. The zero-order chi connectivity index (χ0) is 21.4. The number of rotatable bonds is 15. The van der Waals surface area contributed by atoms with Gasteiger partial charge in [-0.25, -0.2) is 19.2 Å². The van der Waals surface area contributed by atoms with Gasteiger partial charge in [-0.2, -0.15) is 0 Å². The third-order valence-corrected chi connectivity index (χ3v) is 4.70. The van der Waals surface area contributed by atoms with Crippen molar-refractivity contribution in [2.45, 2.75) is 41.0 Å². The number of hydrogen-bond acceptors (Lipinski definition) is 9. The van der Waals surface area contributed by atoms with E-state index in [1.165, 1.54) is 0 Å². The topological polar surface area (TPSA) is 119 Å². The van der Waals surface area contributed by atoms with Crippen molar-refractivity contribution in [3.63, 3.8) is 0 Å². The summed E-state index contributed by atoms with van der Waals surface area (Å²) in [4.78, 5) is 22.4. The Labute approximate surface area is 167 Å². The molecule has 0 aliphatic carbocycles. The molecule has 0 aromatic heterocycles. The molecule has 0 heterocycles. The first-order chi connectivity index (χ1) is 13.3. The van der Waals surface area contributed by atoms with Gasteiger partial charge in [-0.05, 0) is 20.3 Å². The summed E-state index contributed by atoms with van der Waals surface area (Å²) in [6.07, 6.45) is -0.777. The molecule has 10 nitrogen and oxygen atoms in total. The highest BCUT2D eigenvalue weighted by molar-refractivity contribution is 7.51. The van der Waals surface area contributed by atoms with Gasteiger partial charge in [0.05, 0.1) is 39.6 Å². The van der Waals surface area contributed by atoms with Gasteiger partial charge in [-0.1, -0.05) is 20.8 Å². The van der Waals surface area contributed by atoms with E-state index in [1.54, 1.807) is 27.7 Å². The second-order valence-corrected chi connectivity index (χ2v) is 8.02. The van der Waals surface area contributed by atoms with Gasteiger partial charge in [-0.3, -0.25) is 9.05 Å². The molecule has 0 saturated heterocycles. The first kappa shape index (κ1) is 26.6. The summed E-state index contributed by atoms with van der Waals surface area (Å²) in [7, 11) is -3.56. The first-order valence-corrected chi connectivity index (χ1v) is 11.0. The van der Waals surface area contributed by atoms with Crippen molar-refractivity contribution in [3.05, 3.63) is 0 Å². The SMILES string of the molecule is CCCNP(=O)(OCC(C)COC(=O)OCC)OCC(C)COC(=O)OCC. The van der Waals surface area contributed by atoms with E-state index >= 15 is 0 Å². The van der Waals surface area contributed by atoms with Crippen molar-refractivity contribution in [1.82, 2.24) is 5.09 Å². The van der Waals surface area contributed by atoms with E-state index in [2.05, 4.69) is 14.6 Å². The quantitative estimate of drug-likeness (QED) is 0.306. The van der Waals surface area contributed by atoms with Gasteiger partial charge in [0.25, 0.3) is 0 Å². The highest BCUT2D eigenvalue weighted by atomic mass is 31.2. The Morgan fingerprint density at radius 2 is 1.21 bits per heavy atom. The normalized spacial score (nSPS) is 15.2. The predicted octanol–water partition coefficient (Wildman–Crippen LogP) is 3.75. The summed E-state index contributed by atoms with van der Waals surface area (Å²) in [5, 5.41) is 2.77. The summed E-state index contributed by atoms with van der Waals surface area (Å²) in [6.45, 7) is 9.98. The molecule has 2 atom stereocenters. The van der Waals surface area contributed by atoms with Crippen LogP contribution in [0.15, 0.2) is 0 Å². The number of nitrogens with one attached hydrogen (secondary N) is 1. The average Bonchev–Trinajstić information content (AvgIpc) is 2.66. The predicted molar refractivity (Wildman–Crippen MR) is 102 cm³/mol. The maximum Gasteiger partial charge on any atom is 0.508 e. The van der Waals surface area contributed by atoms with Gasteiger partial charge in [-0.15, -0.1) is 0 Å². The lowest BCUT2D eigenvalue weighted by molar-refractivity contribution is 0.0387. The standard InChI is InChI=1S/C17H34NO9P/c1-6-9-18-28(21,26-12-14(4)10-24-16(19)22-7-2)27-13-15(5)11-25-17(20)23-8-3/h14-15H,6-13H2,1-5H3,(H,18,21). The summed E-state index contributed by atoms with van der Waals surface area (Å²) in [5.74, 6) is -0.427. The number of carbonyl (C=O) groups is 2. The van der Waals surface area contributed by atoms with E-state index in [0.29, 0.717) is 6.54 Å². The average molecular weight is 427 g/mol. The zero-order valence-corrected chi connectivity index (χ0v) is 18.3. The largest absolute Gasteiger partial charge is 0.508 e. The number of ether oxygens (including phenoxy) is 4. The molecular weight excluding hydrogens is 393 g/mol. The Balaban J connectivity index is 4.41. The van der Waals surface area contributed by atoms with Crippen LogP contribution in [0.3, 0.4) is 0 Å². The van der Waals surface area contributed by atoms with Crippen molar-refractivity contribution in [2.75, 3.05) is 46.2 Å². The van der Waals surface area contributed by atoms with Gasteiger partial charge >= 0.3 is 20.1 Å². The maximum atomic E-state index is 12.8. The van der Waals surface area contributed by atoms with E-state index in [1.807, 2.05) is 6.92 Å². The van der Waals surface area contributed by atoms with Crippen LogP contribution in [0, 0.1) is 11.8 Å². The van der Waals surface area contributed by atoms with Crippen LogP contribution in [0.1, 0.15) is 41.0 Å². The fourth-order valence-electron chi connectivity index (χ4n) is 1.66. The van der Waals surface area contributed by atoms with Crippen LogP contribution in [0.4, 0.5) is 9.59 Å². The lowest BCUT2D eigenvalue weighted by Crippen LogP contribution is -2.23. The minimum Gasteiger partial charge on any atom is -0.435 e. The lowest BCUT2D eigenvalue weighted by atomic mass is 10.2. The molecule has 0 aliphatic heterocycles. The summed E-state index contributed by atoms with van der Waals surface area (Å²) in [5.41, 5.74) is 0. The Hall–Kier alpha value is -1.35. The van der Waals surface area contributed by atoms with E-state index in [0.717, 1.165) is 6.42 Å². The van der Waals surface area contributed by atoms with Gasteiger partial charge in [0.1, 0.15) is 0 Å². The molecule has 0 amide bonds. The minimum absolute atomic E-state index is 0.0567.